The van der Waals surface area contributed by atoms with E-state index in [1.807, 2.05) is 0 Å². The van der Waals surface area contributed by atoms with Gasteiger partial charge in [0.1, 0.15) is 5.75 Å². The quantitative estimate of drug-likeness (QED) is 0.843. The van der Waals surface area contributed by atoms with Gasteiger partial charge in [-0.3, -0.25) is 0 Å². The summed E-state index contributed by atoms with van der Waals surface area (Å²) in [5, 5.41) is 0. The van der Waals surface area contributed by atoms with E-state index in [0.29, 0.717) is 11.3 Å². The third kappa shape index (κ3) is 2.12. The molecule has 0 amide bonds. The standard InChI is InChI=1S/C10H7F2N2O/c11-10(12)15-9-4-2-1-3-7(9)8-5-13-6-14-8/h1-5,10H,(H,13,14). The fourth-order valence-electron chi connectivity index (χ4n) is 1.24. The van der Waals surface area contributed by atoms with Gasteiger partial charge in [-0.2, -0.15) is 8.78 Å². The Labute approximate surface area is 84.7 Å². The number of hydrogen-bond donors (Lipinski definition) is 1. The summed E-state index contributed by atoms with van der Waals surface area (Å²) < 4.78 is 28.5. The van der Waals surface area contributed by atoms with E-state index in [1.165, 1.54) is 6.07 Å². The first-order valence-corrected chi connectivity index (χ1v) is 4.23. The van der Waals surface area contributed by atoms with Crippen LogP contribution in [0, 0.1) is 6.33 Å². The molecular formula is C10H7F2N2O. The number of hydrogen-bond acceptors (Lipinski definition) is 2. The predicted octanol–water partition coefficient (Wildman–Crippen LogP) is 2.48. The van der Waals surface area contributed by atoms with Crippen molar-refractivity contribution in [1.29, 1.82) is 0 Å². The number of nitrogens with zero attached hydrogens (tertiary/aromatic N) is 1. The maximum Gasteiger partial charge on any atom is 0.387 e. The molecule has 0 bridgehead atoms. The third-order valence-corrected chi connectivity index (χ3v) is 1.83. The number of aromatic amines is 1. The first-order valence-electron chi connectivity index (χ1n) is 4.23. The first-order chi connectivity index (χ1) is 7.27. The summed E-state index contributed by atoms with van der Waals surface area (Å²) in [5.41, 5.74) is 1.03. The molecular weight excluding hydrogens is 202 g/mol. The van der Waals surface area contributed by atoms with Crippen LogP contribution in [0.4, 0.5) is 8.78 Å². The van der Waals surface area contributed by atoms with Crippen molar-refractivity contribution in [3.05, 3.63) is 36.8 Å². The molecule has 2 rings (SSSR count). The van der Waals surface area contributed by atoms with E-state index < -0.39 is 6.61 Å². The largest absolute Gasteiger partial charge is 0.434 e. The first kappa shape index (κ1) is 9.64. The number of H-pyrrole nitrogens is 1. The number of ether oxygens (including phenoxy) is 1. The normalized spacial score (nSPS) is 10.6. The van der Waals surface area contributed by atoms with Crippen LogP contribution in [0.5, 0.6) is 5.75 Å². The highest BCUT2D eigenvalue weighted by atomic mass is 19.3. The highest BCUT2D eigenvalue weighted by Crippen LogP contribution is 2.28. The van der Waals surface area contributed by atoms with Crippen molar-refractivity contribution < 1.29 is 13.5 Å². The molecule has 1 heterocycles. The molecule has 0 fully saturated rings. The number of rotatable bonds is 3. The van der Waals surface area contributed by atoms with Crippen LogP contribution in [0.3, 0.4) is 0 Å². The lowest BCUT2D eigenvalue weighted by Gasteiger charge is -2.07. The minimum Gasteiger partial charge on any atom is -0.434 e. The zero-order chi connectivity index (χ0) is 10.7. The molecule has 0 unspecified atom stereocenters. The lowest BCUT2D eigenvalue weighted by molar-refractivity contribution is -0.0494. The summed E-state index contributed by atoms with van der Waals surface area (Å²) in [6.45, 7) is -2.84. The molecule has 0 aliphatic carbocycles. The molecule has 1 N–H and O–H groups in total. The average Bonchev–Trinajstić information content (AvgIpc) is 2.70. The summed E-state index contributed by atoms with van der Waals surface area (Å²) in [5.74, 6) is 0.105. The average molecular weight is 209 g/mol. The Morgan fingerprint density at radius 2 is 2.13 bits per heavy atom. The Morgan fingerprint density at radius 3 is 2.80 bits per heavy atom. The molecule has 5 heteroatoms. The molecule has 0 saturated carbocycles. The highest BCUT2D eigenvalue weighted by Gasteiger charge is 2.11. The Morgan fingerprint density at radius 1 is 1.33 bits per heavy atom. The van der Waals surface area contributed by atoms with Crippen molar-refractivity contribution in [2.75, 3.05) is 0 Å². The molecule has 1 aromatic carbocycles. The van der Waals surface area contributed by atoms with E-state index in [1.54, 1.807) is 24.4 Å². The molecule has 0 aliphatic heterocycles. The Balaban J connectivity index is 2.38. The van der Waals surface area contributed by atoms with Crippen LogP contribution >= 0.6 is 0 Å². The molecule has 1 aromatic heterocycles. The van der Waals surface area contributed by atoms with Crippen LogP contribution in [-0.2, 0) is 0 Å². The fraction of sp³-hybridized carbons (Fsp3) is 0.100. The number of alkyl halides is 2. The number of aromatic nitrogens is 2. The Kier molecular flexibility index (Phi) is 2.62. The van der Waals surface area contributed by atoms with E-state index in [9.17, 15) is 8.78 Å². The van der Waals surface area contributed by atoms with Gasteiger partial charge in [0.05, 0.1) is 5.69 Å². The monoisotopic (exact) mass is 209 g/mol. The second-order valence-electron chi connectivity index (χ2n) is 2.77. The molecule has 77 valence electrons. The van der Waals surface area contributed by atoms with Crippen LogP contribution in [0.2, 0.25) is 0 Å². The molecule has 2 aromatic rings. The van der Waals surface area contributed by atoms with Crippen LogP contribution in [0.25, 0.3) is 11.3 Å². The smallest absolute Gasteiger partial charge is 0.387 e. The fourth-order valence-corrected chi connectivity index (χ4v) is 1.24. The van der Waals surface area contributed by atoms with Crippen molar-refractivity contribution >= 4 is 0 Å². The minimum absolute atomic E-state index is 0.105. The lowest BCUT2D eigenvalue weighted by Crippen LogP contribution is -2.02. The molecule has 0 aliphatic rings. The van der Waals surface area contributed by atoms with Gasteiger partial charge in [0, 0.05) is 11.8 Å². The van der Waals surface area contributed by atoms with Crippen LogP contribution in [-0.4, -0.2) is 16.6 Å². The minimum atomic E-state index is -2.84. The Bertz CT molecular complexity index is 429. The summed E-state index contributed by atoms with van der Waals surface area (Å²) in [4.78, 5) is 6.48. The highest BCUT2D eigenvalue weighted by molar-refractivity contribution is 5.66. The number of para-hydroxylation sites is 1. The predicted molar refractivity (Wildman–Crippen MR) is 49.5 cm³/mol. The third-order valence-electron chi connectivity index (χ3n) is 1.83. The second-order valence-corrected chi connectivity index (χ2v) is 2.77. The van der Waals surface area contributed by atoms with Crippen molar-refractivity contribution in [3.8, 4) is 17.0 Å². The lowest BCUT2D eigenvalue weighted by atomic mass is 10.1. The van der Waals surface area contributed by atoms with Crippen LogP contribution < -0.4 is 4.74 Å². The van der Waals surface area contributed by atoms with Crippen LogP contribution in [0.1, 0.15) is 0 Å². The second kappa shape index (κ2) is 4.08. The molecule has 3 nitrogen and oxygen atoms in total. The van der Waals surface area contributed by atoms with Gasteiger partial charge in [0.25, 0.3) is 0 Å². The van der Waals surface area contributed by atoms with Crippen molar-refractivity contribution in [2.24, 2.45) is 0 Å². The Hall–Kier alpha value is -1.91. The van der Waals surface area contributed by atoms with E-state index in [4.69, 9.17) is 0 Å². The summed E-state index contributed by atoms with van der Waals surface area (Å²) in [7, 11) is 0. The molecule has 0 spiro atoms. The van der Waals surface area contributed by atoms with Gasteiger partial charge in [-0.1, -0.05) is 12.1 Å². The van der Waals surface area contributed by atoms with Crippen molar-refractivity contribution in [2.45, 2.75) is 6.61 Å². The van der Waals surface area contributed by atoms with E-state index in [0.717, 1.165) is 0 Å². The molecule has 15 heavy (non-hydrogen) atoms. The van der Waals surface area contributed by atoms with E-state index >= 15 is 0 Å². The van der Waals surface area contributed by atoms with Gasteiger partial charge in [-0.05, 0) is 12.1 Å². The number of halogens is 2. The van der Waals surface area contributed by atoms with Gasteiger partial charge in [-0.15, -0.1) is 0 Å². The maximum absolute atomic E-state index is 12.1. The summed E-state index contributed by atoms with van der Waals surface area (Å²) >= 11 is 0. The van der Waals surface area contributed by atoms with E-state index in [-0.39, 0.29) is 5.75 Å². The van der Waals surface area contributed by atoms with Gasteiger partial charge >= 0.3 is 6.61 Å². The van der Waals surface area contributed by atoms with Gasteiger partial charge in [0.2, 0.25) is 0 Å². The SMILES string of the molecule is FC(F)Oc1ccccc1-c1c[nH][c]n1. The van der Waals surface area contributed by atoms with Crippen molar-refractivity contribution in [1.82, 2.24) is 9.97 Å². The summed E-state index contributed by atoms with van der Waals surface area (Å²) in [6.07, 6.45) is 4.05. The topological polar surface area (TPSA) is 37.9 Å². The molecule has 0 atom stereocenters. The van der Waals surface area contributed by atoms with Crippen molar-refractivity contribution in [3.63, 3.8) is 0 Å². The van der Waals surface area contributed by atoms with Gasteiger partial charge in [0.15, 0.2) is 6.33 Å². The van der Waals surface area contributed by atoms with E-state index in [2.05, 4.69) is 21.0 Å². The number of benzene rings is 1. The number of nitrogens with one attached hydrogen (secondary N) is 1. The van der Waals surface area contributed by atoms with Crippen LogP contribution in [0.15, 0.2) is 30.5 Å². The molecule has 0 saturated heterocycles. The number of imidazole rings is 1. The van der Waals surface area contributed by atoms with Gasteiger partial charge < -0.3 is 9.72 Å². The zero-order valence-corrected chi connectivity index (χ0v) is 7.58. The molecule has 1 radical (unpaired) electrons. The maximum atomic E-state index is 12.1. The van der Waals surface area contributed by atoms with Gasteiger partial charge in [-0.25, -0.2) is 4.98 Å². The summed E-state index contributed by atoms with van der Waals surface area (Å²) in [6, 6.07) is 6.47. The zero-order valence-electron chi connectivity index (χ0n) is 7.58.